The van der Waals surface area contributed by atoms with Gasteiger partial charge >= 0.3 is 0 Å². The van der Waals surface area contributed by atoms with Gasteiger partial charge in [0, 0.05) is 5.66 Å². The molecule has 0 heterocycles. The molecular formula is C6H11P. The van der Waals surface area contributed by atoms with Gasteiger partial charge in [0.15, 0.2) is 0 Å². The van der Waals surface area contributed by atoms with E-state index in [4.69, 9.17) is 0 Å². The Kier molecular flexibility index (Phi) is 1.87. The third kappa shape index (κ3) is 1.28. The Morgan fingerprint density at radius 1 is 1.29 bits per heavy atom. The summed E-state index contributed by atoms with van der Waals surface area (Å²) in [5.74, 6) is 0. The number of hydrogen-bond donors (Lipinski definition) is 0. The first-order valence-corrected chi connectivity index (χ1v) is 4.04. The summed E-state index contributed by atoms with van der Waals surface area (Å²) >= 11 is 0. The molecule has 1 aliphatic carbocycles. The Bertz CT molecular complexity index is 62.6. The highest BCUT2D eigenvalue weighted by molar-refractivity contribution is 7.37. The Labute approximate surface area is 46.7 Å². The summed E-state index contributed by atoms with van der Waals surface area (Å²) in [4.78, 5) is 0. The van der Waals surface area contributed by atoms with Gasteiger partial charge in [-0.05, 0) is 12.8 Å². The highest BCUT2D eigenvalue weighted by Crippen LogP contribution is 2.26. The molecule has 0 radical (unpaired) electrons. The molecule has 1 fully saturated rings. The van der Waals surface area contributed by atoms with Crippen LogP contribution >= 0.6 is 8.20 Å². The minimum atomic E-state index is 0.958. The molecule has 1 saturated carbocycles. The lowest BCUT2D eigenvalue weighted by Gasteiger charge is -1.93. The average molecular weight is 114 g/mol. The number of rotatable bonds is 1. The first-order valence-electron chi connectivity index (χ1n) is 2.89. The van der Waals surface area contributed by atoms with Gasteiger partial charge in [-0.2, -0.15) is 0 Å². The van der Waals surface area contributed by atoms with Crippen molar-refractivity contribution in [3.05, 3.63) is 0 Å². The van der Waals surface area contributed by atoms with E-state index in [1.54, 1.807) is 0 Å². The van der Waals surface area contributed by atoms with Crippen LogP contribution in [0.15, 0.2) is 0 Å². The fourth-order valence-electron chi connectivity index (χ4n) is 1.09. The van der Waals surface area contributed by atoms with E-state index in [0.717, 1.165) is 5.66 Å². The molecule has 0 bridgehead atoms. The second kappa shape index (κ2) is 2.47. The Morgan fingerprint density at radius 2 is 1.86 bits per heavy atom. The van der Waals surface area contributed by atoms with Crippen LogP contribution in [-0.2, 0) is 0 Å². The molecule has 0 aliphatic heterocycles. The zero-order valence-corrected chi connectivity index (χ0v) is 5.45. The van der Waals surface area contributed by atoms with E-state index in [0.29, 0.717) is 0 Å². The molecule has 0 atom stereocenters. The van der Waals surface area contributed by atoms with Crippen molar-refractivity contribution >= 4 is 14.5 Å². The molecule has 0 aromatic rings. The monoisotopic (exact) mass is 114 g/mol. The summed E-state index contributed by atoms with van der Waals surface area (Å²) in [6.45, 7) is 0. The molecule has 0 saturated heterocycles. The average Bonchev–Trinajstić information content (AvgIpc) is 2.14. The zero-order chi connectivity index (χ0) is 5.11. The minimum Gasteiger partial charge on any atom is -0.109 e. The fourth-order valence-corrected chi connectivity index (χ4v) is 1.82. The molecule has 1 rings (SSSR count). The lowest BCUT2D eigenvalue weighted by molar-refractivity contribution is 0.886. The van der Waals surface area contributed by atoms with Crippen LogP contribution in [-0.4, -0.2) is 12.0 Å². The van der Waals surface area contributed by atoms with Gasteiger partial charge in [0.2, 0.25) is 0 Å². The Hall–Kier alpha value is 0.170. The van der Waals surface area contributed by atoms with Crippen molar-refractivity contribution in [2.45, 2.75) is 31.3 Å². The van der Waals surface area contributed by atoms with Gasteiger partial charge in [0.05, 0.1) is 0 Å². The van der Waals surface area contributed by atoms with Gasteiger partial charge in [-0.3, -0.25) is 0 Å². The highest BCUT2D eigenvalue weighted by atomic mass is 31.1. The molecular weight excluding hydrogens is 103 g/mol. The highest BCUT2D eigenvalue weighted by Gasteiger charge is 2.10. The summed E-state index contributed by atoms with van der Waals surface area (Å²) in [6, 6.07) is 0. The third-order valence-corrected chi connectivity index (χ3v) is 2.62. The Morgan fingerprint density at radius 3 is 2.14 bits per heavy atom. The largest absolute Gasteiger partial charge is 0.109 e. The lowest BCUT2D eigenvalue weighted by atomic mass is 10.4. The maximum Gasteiger partial charge on any atom is 0.000315 e. The molecule has 1 aliphatic rings. The van der Waals surface area contributed by atoms with Crippen LogP contribution in [0.3, 0.4) is 0 Å². The van der Waals surface area contributed by atoms with Gasteiger partial charge in [-0.1, -0.05) is 19.1 Å². The van der Waals surface area contributed by atoms with Crippen LogP contribution in [0.4, 0.5) is 0 Å². The van der Waals surface area contributed by atoms with Gasteiger partial charge in [0.1, 0.15) is 0 Å². The van der Waals surface area contributed by atoms with E-state index in [2.05, 4.69) is 6.30 Å². The van der Waals surface area contributed by atoms with Crippen molar-refractivity contribution in [2.75, 3.05) is 0 Å². The van der Waals surface area contributed by atoms with Crippen LogP contribution in [0.25, 0.3) is 0 Å². The molecule has 1 heteroatoms. The SMILES string of the molecule is C=PC1CCCC1. The number of hydrogen-bond acceptors (Lipinski definition) is 0. The molecule has 0 N–H and O–H groups in total. The van der Waals surface area contributed by atoms with E-state index < -0.39 is 0 Å². The summed E-state index contributed by atoms with van der Waals surface area (Å²) in [5, 5.41) is 0. The minimum absolute atomic E-state index is 0.958. The van der Waals surface area contributed by atoms with E-state index in [1.807, 2.05) is 0 Å². The molecule has 40 valence electrons. The van der Waals surface area contributed by atoms with Crippen LogP contribution in [0.5, 0.6) is 0 Å². The first kappa shape index (κ1) is 5.31. The van der Waals surface area contributed by atoms with E-state index in [-0.39, 0.29) is 0 Å². The van der Waals surface area contributed by atoms with Gasteiger partial charge < -0.3 is 0 Å². The van der Waals surface area contributed by atoms with Crippen molar-refractivity contribution in [3.8, 4) is 0 Å². The summed E-state index contributed by atoms with van der Waals surface area (Å²) in [5.41, 5.74) is 0.958. The predicted molar refractivity (Wildman–Crippen MR) is 36.3 cm³/mol. The van der Waals surface area contributed by atoms with Crippen molar-refractivity contribution in [1.29, 1.82) is 0 Å². The summed E-state index contributed by atoms with van der Waals surface area (Å²) < 4.78 is 0. The second-order valence-corrected chi connectivity index (χ2v) is 3.22. The topological polar surface area (TPSA) is 0 Å². The van der Waals surface area contributed by atoms with Crippen molar-refractivity contribution < 1.29 is 0 Å². The smallest absolute Gasteiger partial charge is 0.000315 e. The van der Waals surface area contributed by atoms with Crippen LogP contribution in [0.1, 0.15) is 25.7 Å². The summed E-state index contributed by atoms with van der Waals surface area (Å²) in [7, 11) is 1.37. The van der Waals surface area contributed by atoms with Crippen LogP contribution < -0.4 is 0 Å². The van der Waals surface area contributed by atoms with Crippen molar-refractivity contribution in [2.24, 2.45) is 0 Å². The quantitative estimate of drug-likeness (QED) is 0.459. The Balaban J connectivity index is 2.26. The predicted octanol–water partition coefficient (Wildman–Crippen LogP) is 2.31. The molecule has 7 heavy (non-hydrogen) atoms. The molecule has 0 nitrogen and oxygen atoms in total. The molecule has 0 amide bonds. The molecule has 0 spiro atoms. The fraction of sp³-hybridized carbons (Fsp3) is 0.833. The van der Waals surface area contributed by atoms with Crippen molar-refractivity contribution in [3.63, 3.8) is 0 Å². The van der Waals surface area contributed by atoms with Crippen LogP contribution in [0.2, 0.25) is 0 Å². The summed E-state index contributed by atoms with van der Waals surface area (Å²) in [6.07, 6.45) is 9.61. The van der Waals surface area contributed by atoms with Gasteiger partial charge in [0.25, 0.3) is 0 Å². The molecule has 0 aromatic carbocycles. The van der Waals surface area contributed by atoms with E-state index >= 15 is 0 Å². The van der Waals surface area contributed by atoms with Gasteiger partial charge in [-0.15, -0.1) is 8.20 Å². The standard InChI is InChI=1S/C6H11P/c1-7-6-4-2-3-5-6/h6H,1-5H2. The van der Waals surface area contributed by atoms with E-state index in [1.165, 1.54) is 33.9 Å². The first-order chi connectivity index (χ1) is 3.43. The van der Waals surface area contributed by atoms with E-state index in [9.17, 15) is 0 Å². The molecule has 0 unspecified atom stereocenters. The van der Waals surface area contributed by atoms with Gasteiger partial charge in [-0.25, -0.2) is 0 Å². The zero-order valence-electron chi connectivity index (χ0n) is 4.56. The lowest BCUT2D eigenvalue weighted by Crippen LogP contribution is -1.84. The second-order valence-electron chi connectivity index (χ2n) is 2.12. The maximum absolute atomic E-state index is 3.84. The maximum atomic E-state index is 3.84. The van der Waals surface area contributed by atoms with Crippen molar-refractivity contribution in [1.82, 2.24) is 0 Å². The molecule has 0 aromatic heterocycles. The normalized spacial score (nSPS) is 24.0. The third-order valence-electron chi connectivity index (χ3n) is 1.58. The van der Waals surface area contributed by atoms with Crippen LogP contribution in [0, 0.1) is 0 Å².